The molecule has 0 aromatic carbocycles. The van der Waals surface area contributed by atoms with Gasteiger partial charge in [-0.3, -0.25) is 5.32 Å². The van der Waals surface area contributed by atoms with Crippen molar-refractivity contribution >= 4 is 17.7 Å². The third-order valence-electron chi connectivity index (χ3n) is 1.42. The molecule has 1 aliphatic heterocycles. The summed E-state index contributed by atoms with van der Waals surface area (Å²) in [5.74, 6) is -0.395. The van der Waals surface area contributed by atoms with Gasteiger partial charge in [-0.15, -0.1) is 11.8 Å². The number of carbonyl (C=O) groups excluding carboxylic acids is 1. The van der Waals surface area contributed by atoms with E-state index in [0.29, 0.717) is 5.75 Å². The number of aliphatic carboxylic acids is 1. The van der Waals surface area contributed by atoms with Crippen LogP contribution in [0.25, 0.3) is 0 Å². The quantitative estimate of drug-likeness (QED) is 0.544. The van der Waals surface area contributed by atoms with Crippen molar-refractivity contribution in [2.75, 3.05) is 5.75 Å². The molecule has 0 aromatic heterocycles. The predicted octanol–water partition coefficient (Wildman–Crippen LogP) is -0.823. The Morgan fingerprint density at radius 3 is 2.60 bits per heavy atom. The van der Waals surface area contributed by atoms with Gasteiger partial charge in [0.05, 0.1) is 16.9 Å². The zero-order valence-electron chi connectivity index (χ0n) is 6.01. The van der Waals surface area contributed by atoms with Gasteiger partial charge in [0.15, 0.2) is 0 Å². The standard InChI is InChI=1S/C6H11NO2S/c1-6(2)7-4(3-10-6)5(8)9/h4,7H,3H2,1-2H3,(H,8,9)/p-1. The van der Waals surface area contributed by atoms with Gasteiger partial charge in [-0.1, -0.05) is 0 Å². The van der Waals surface area contributed by atoms with E-state index in [1.165, 1.54) is 0 Å². The van der Waals surface area contributed by atoms with E-state index in [4.69, 9.17) is 0 Å². The van der Waals surface area contributed by atoms with Gasteiger partial charge in [0.1, 0.15) is 0 Å². The van der Waals surface area contributed by atoms with Gasteiger partial charge < -0.3 is 9.90 Å². The molecule has 0 bridgehead atoms. The molecule has 1 saturated heterocycles. The SMILES string of the molecule is CC1(C)NC(C(=O)[O-])CS1. The average molecular weight is 160 g/mol. The van der Waals surface area contributed by atoms with Crippen LogP contribution in [0.3, 0.4) is 0 Å². The minimum absolute atomic E-state index is 0.106. The molecule has 0 aromatic rings. The summed E-state index contributed by atoms with van der Waals surface area (Å²) in [6.45, 7) is 3.92. The first-order chi connectivity index (χ1) is 4.51. The molecule has 1 heterocycles. The Balaban J connectivity index is 2.51. The average Bonchev–Trinajstić information content (AvgIpc) is 2.10. The summed E-state index contributed by atoms with van der Waals surface area (Å²) in [5, 5.41) is 13.2. The van der Waals surface area contributed by atoms with Gasteiger partial charge in [0, 0.05) is 5.75 Å². The van der Waals surface area contributed by atoms with Crippen LogP contribution >= 0.6 is 11.8 Å². The van der Waals surface area contributed by atoms with E-state index in [-0.39, 0.29) is 4.87 Å². The molecule has 1 N–H and O–H groups in total. The second-order valence-electron chi connectivity index (χ2n) is 2.84. The molecule has 0 amide bonds. The summed E-state index contributed by atoms with van der Waals surface area (Å²) in [7, 11) is 0. The van der Waals surface area contributed by atoms with Gasteiger partial charge in [-0.05, 0) is 13.8 Å². The number of hydrogen-bond donors (Lipinski definition) is 1. The molecule has 1 rings (SSSR count). The highest BCUT2D eigenvalue weighted by molar-refractivity contribution is 8.00. The normalized spacial score (nSPS) is 30.4. The zero-order valence-corrected chi connectivity index (χ0v) is 6.83. The molecule has 1 aliphatic rings. The molecular formula is C6H10NO2S-. The molecule has 58 valence electrons. The minimum Gasteiger partial charge on any atom is -0.548 e. The van der Waals surface area contributed by atoms with E-state index < -0.39 is 12.0 Å². The summed E-state index contributed by atoms with van der Waals surface area (Å²) in [6.07, 6.45) is 0. The minimum atomic E-state index is -1.00. The van der Waals surface area contributed by atoms with Gasteiger partial charge in [-0.25, -0.2) is 0 Å². The van der Waals surface area contributed by atoms with Crippen molar-refractivity contribution < 1.29 is 9.90 Å². The Labute approximate surface area is 64.2 Å². The second kappa shape index (κ2) is 2.43. The molecule has 1 unspecified atom stereocenters. The highest BCUT2D eigenvalue weighted by atomic mass is 32.2. The Morgan fingerprint density at radius 2 is 2.40 bits per heavy atom. The second-order valence-corrected chi connectivity index (χ2v) is 4.48. The highest BCUT2D eigenvalue weighted by Gasteiger charge is 2.30. The number of nitrogens with one attached hydrogen (secondary N) is 1. The first-order valence-corrected chi connectivity index (χ1v) is 4.12. The first-order valence-electron chi connectivity index (χ1n) is 3.14. The maximum absolute atomic E-state index is 10.3. The van der Waals surface area contributed by atoms with Crippen molar-refractivity contribution in [1.82, 2.24) is 5.32 Å². The van der Waals surface area contributed by atoms with Crippen molar-refractivity contribution in [3.05, 3.63) is 0 Å². The number of carbonyl (C=O) groups is 1. The molecule has 0 spiro atoms. The van der Waals surface area contributed by atoms with E-state index in [1.54, 1.807) is 11.8 Å². The number of hydrogen-bond acceptors (Lipinski definition) is 4. The summed E-state index contributed by atoms with van der Waals surface area (Å²) < 4.78 is 0. The highest BCUT2D eigenvalue weighted by Crippen LogP contribution is 2.28. The largest absolute Gasteiger partial charge is 0.548 e. The third kappa shape index (κ3) is 1.64. The Hall–Kier alpha value is -0.220. The van der Waals surface area contributed by atoms with E-state index in [2.05, 4.69) is 5.32 Å². The molecule has 0 radical (unpaired) electrons. The van der Waals surface area contributed by atoms with Crippen molar-refractivity contribution in [3.63, 3.8) is 0 Å². The van der Waals surface area contributed by atoms with Crippen LogP contribution in [0.15, 0.2) is 0 Å². The maximum Gasteiger partial charge on any atom is 0.0594 e. The van der Waals surface area contributed by atoms with Crippen molar-refractivity contribution in [3.8, 4) is 0 Å². The Bertz CT molecular complexity index is 158. The first kappa shape index (κ1) is 7.88. The van der Waals surface area contributed by atoms with E-state index in [1.807, 2.05) is 13.8 Å². The van der Waals surface area contributed by atoms with Gasteiger partial charge in [0.2, 0.25) is 0 Å². The van der Waals surface area contributed by atoms with E-state index >= 15 is 0 Å². The van der Waals surface area contributed by atoms with Crippen LogP contribution in [-0.4, -0.2) is 22.6 Å². The smallest absolute Gasteiger partial charge is 0.0594 e. The van der Waals surface area contributed by atoms with Crippen molar-refractivity contribution in [2.45, 2.75) is 24.8 Å². The molecule has 0 aliphatic carbocycles. The lowest BCUT2D eigenvalue weighted by Gasteiger charge is -2.18. The topological polar surface area (TPSA) is 52.2 Å². The molecule has 4 heteroatoms. The summed E-state index contributed by atoms with van der Waals surface area (Å²) >= 11 is 1.60. The van der Waals surface area contributed by atoms with Crippen LogP contribution in [-0.2, 0) is 4.79 Å². The van der Waals surface area contributed by atoms with Crippen molar-refractivity contribution in [2.24, 2.45) is 0 Å². The monoisotopic (exact) mass is 160 g/mol. The molecular weight excluding hydrogens is 150 g/mol. The number of rotatable bonds is 1. The molecule has 3 nitrogen and oxygen atoms in total. The van der Waals surface area contributed by atoms with Gasteiger partial charge in [0.25, 0.3) is 0 Å². The lowest BCUT2D eigenvalue weighted by Crippen LogP contribution is -2.47. The predicted molar refractivity (Wildman–Crippen MR) is 38.5 cm³/mol. The van der Waals surface area contributed by atoms with Gasteiger partial charge in [-0.2, -0.15) is 0 Å². The number of thioether (sulfide) groups is 1. The van der Waals surface area contributed by atoms with Crippen LogP contribution in [0.4, 0.5) is 0 Å². The zero-order chi connectivity index (χ0) is 7.78. The van der Waals surface area contributed by atoms with Crippen molar-refractivity contribution in [1.29, 1.82) is 0 Å². The van der Waals surface area contributed by atoms with Crippen LogP contribution in [0.1, 0.15) is 13.8 Å². The molecule has 0 saturated carbocycles. The third-order valence-corrected chi connectivity index (χ3v) is 2.76. The maximum atomic E-state index is 10.3. The van der Waals surface area contributed by atoms with E-state index in [0.717, 1.165) is 0 Å². The molecule has 1 atom stereocenters. The molecule has 10 heavy (non-hydrogen) atoms. The summed E-state index contributed by atoms with van der Waals surface area (Å²) in [4.78, 5) is 10.2. The molecule has 1 fully saturated rings. The Morgan fingerprint density at radius 1 is 1.80 bits per heavy atom. The summed E-state index contributed by atoms with van der Waals surface area (Å²) in [6, 6.07) is -0.472. The number of carboxylic acids is 1. The Kier molecular flexibility index (Phi) is 1.92. The lowest BCUT2D eigenvalue weighted by atomic mass is 10.3. The fourth-order valence-electron chi connectivity index (χ4n) is 0.922. The van der Waals surface area contributed by atoms with E-state index in [9.17, 15) is 9.90 Å². The lowest BCUT2D eigenvalue weighted by molar-refractivity contribution is -0.307. The number of carboxylic acid groups (broad SMARTS) is 1. The fraction of sp³-hybridized carbons (Fsp3) is 0.833. The van der Waals surface area contributed by atoms with Crippen LogP contribution in [0.5, 0.6) is 0 Å². The van der Waals surface area contributed by atoms with Crippen LogP contribution < -0.4 is 10.4 Å². The van der Waals surface area contributed by atoms with Crippen LogP contribution in [0, 0.1) is 0 Å². The van der Waals surface area contributed by atoms with Crippen LogP contribution in [0.2, 0.25) is 0 Å². The fourth-order valence-corrected chi connectivity index (χ4v) is 1.95. The van der Waals surface area contributed by atoms with Gasteiger partial charge >= 0.3 is 0 Å². The summed E-state index contributed by atoms with van der Waals surface area (Å²) in [5.41, 5.74) is 0.